The normalized spacial score (nSPS) is 25.7. The Morgan fingerprint density at radius 3 is 2.84 bits per heavy atom. The van der Waals surface area contributed by atoms with Crippen molar-refractivity contribution in [2.75, 3.05) is 26.9 Å². The van der Waals surface area contributed by atoms with E-state index >= 15 is 0 Å². The van der Waals surface area contributed by atoms with Crippen LogP contribution >= 0.6 is 0 Å². The standard InChI is InChI=1S/C13H22N2O4/c1-9(7-12(16)18-2)15-5-6-19-8-11(15)13(17)14-10-3-4-10/h9-11H,3-8H2,1-2H3,(H,14,17). The molecular weight excluding hydrogens is 248 g/mol. The highest BCUT2D eigenvalue weighted by Crippen LogP contribution is 2.20. The Morgan fingerprint density at radius 2 is 2.21 bits per heavy atom. The smallest absolute Gasteiger partial charge is 0.307 e. The first-order chi connectivity index (χ1) is 9.11. The molecule has 19 heavy (non-hydrogen) atoms. The summed E-state index contributed by atoms with van der Waals surface area (Å²) in [5.41, 5.74) is 0. The predicted molar refractivity (Wildman–Crippen MR) is 68.6 cm³/mol. The van der Waals surface area contributed by atoms with Crippen LogP contribution in [0, 0.1) is 0 Å². The Kier molecular flexibility index (Phi) is 4.76. The van der Waals surface area contributed by atoms with E-state index in [2.05, 4.69) is 10.1 Å². The molecule has 2 fully saturated rings. The summed E-state index contributed by atoms with van der Waals surface area (Å²) in [4.78, 5) is 25.6. The molecule has 1 amide bonds. The largest absolute Gasteiger partial charge is 0.469 e. The van der Waals surface area contributed by atoms with E-state index < -0.39 is 0 Å². The average molecular weight is 270 g/mol. The SMILES string of the molecule is COC(=O)CC(C)N1CCOCC1C(=O)NC1CC1. The van der Waals surface area contributed by atoms with Crippen LogP contribution in [0.3, 0.4) is 0 Å². The highest BCUT2D eigenvalue weighted by Gasteiger charge is 2.35. The number of methoxy groups -OCH3 is 1. The van der Waals surface area contributed by atoms with Crippen molar-refractivity contribution in [1.82, 2.24) is 10.2 Å². The second-order valence-electron chi connectivity index (χ2n) is 5.24. The molecule has 1 saturated carbocycles. The number of carbonyl (C=O) groups excluding carboxylic acids is 2. The van der Waals surface area contributed by atoms with E-state index in [4.69, 9.17) is 4.74 Å². The maximum Gasteiger partial charge on any atom is 0.307 e. The summed E-state index contributed by atoms with van der Waals surface area (Å²) in [5.74, 6) is -0.237. The molecule has 2 unspecified atom stereocenters. The van der Waals surface area contributed by atoms with E-state index in [9.17, 15) is 9.59 Å². The van der Waals surface area contributed by atoms with Gasteiger partial charge in [-0.1, -0.05) is 0 Å². The maximum atomic E-state index is 12.2. The van der Waals surface area contributed by atoms with Gasteiger partial charge in [-0.15, -0.1) is 0 Å². The number of nitrogens with one attached hydrogen (secondary N) is 1. The fourth-order valence-electron chi connectivity index (χ4n) is 2.34. The number of hydrogen-bond donors (Lipinski definition) is 1. The predicted octanol–water partition coefficient (Wildman–Crippen LogP) is -0.0826. The van der Waals surface area contributed by atoms with Gasteiger partial charge in [0, 0.05) is 18.6 Å². The summed E-state index contributed by atoms with van der Waals surface area (Å²) >= 11 is 0. The molecule has 0 aromatic carbocycles. The number of amides is 1. The van der Waals surface area contributed by atoms with Crippen LogP contribution in [0.25, 0.3) is 0 Å². The van der Waals surface area contributed by atoms with E-state index in [0.717, 1.165) is 12.8 Å². The summed E-state index contributed by atoms with van der Waals surface area (Å²) in [6, 6.07) is 0.0208. The second kappa shape index (κ2) is 6.34. The molecule has 2 atom stereocenters. The Bertz CT molecular complexity index is 344. The maximum absolute atomic E-state index is 12.2. The minimum atomic E-state index is -0.297. The molecule has 2 rings (SSSR count). The number of rotatable bonds is 5. The molecule has 6 nitrogen and oxygen atoms in total. The first-order valence-electron chi connectivity index (χ1n) is 6.82. The van der Waals surface area contributed by atoms with Gasteiger partial charge in [-0.25, -0.2) is 0 Å². The van der Waals surface area contributed by atoms with E-state index in [1.807, 2.05) is 11.8 Å². The zero-order chi connectivity index (χ0) is 13.8. The molecule has 1 aliphatic heterocycles. The topological polar surface area (TPSA) is 67.9 Å². The van der Waals surface area contributed by atoms with E-state index in [0.29, 0.717) is 32.2 Å². The molecule has 0 aromatic heterocycles. The molecule has 1 heterocycles. The van der Waals surface area contributed by atoms with Crippen LogP contribution in [0.15, 0.2) is 0 Å². The minimum absolute atomic E-state index is 0.0129. The first kappa shape index (κ1) is 14.3. The lowest BCUT2D eigenvalue weighted by atomic mass is 10.1. The summed E-state index contributed by atoms with van der Waals surface area (Å²) in [6.45, 7) is 3.60. The van der Waals surface area contributed by atoms with E-state index in [1.165, 1.54) is 7.11 Å². The van der Waals surface area contributed by atoms with Crippen LogP contribution < -0.4 is 5.32 Å². The monoisotopic (exact) mass is 270 g/mol. The Hall–Kier alpha value is -1.14. The van der Waals surface area contributed by atoms with Crippen LogP contribution in [0.4, 0.5) is 0 Å². The van der Waals surface area contributed by atoms with Crippen molar-refractivity contribution < 1.29 is 19.1 Å². The van der Waals surface area contributed by atoms with Gasteiger partial charge in [0.15, 0.2) is 0 Å². The third-order valence-electron chi connectivity index (χ3n) is 3.65. The lowest BCUT2D eigenvalue weighted by molar-refractivity contribution is -0.145. The van der Waals surface area contributed by atoms with Gasteiger partial charge >= 0.3 is 5.97 Å². The van der Waals surface area contributed by atoms with Crippen molar-refractivity contribution in [2.24, 2.45) is 0 Å². The average Bonchev–Trinajstić information content (AvgIpc) is 3.22. The third-order valence-corrected chi connectivity index (χ3v) is 3.65. The number of esters is 1. The van der Waals surface area contributed by atoms with E-state index in [-0.39, 0.29) is 24.0 Å². The highest BCUT2D eigenvalue weighted by molar-refractivity contribution is 5.82. The van der Waals surface area contributed by atoms with Crippen LogP contribution in [-0.4, -0.2) is 61.8 Å². The number of hydrogen-bond acceptors (Lipinski definition) is 5. The van der Waals surface area contributed by atoms with Gasteiger partial charge in [-0.05, 0) is 19.8 Å². The van der Waals surface area contributed by atoms with E-state index in [1.54, 1.807) is 0 Å². The fourth-order valence-corrected chi connectivity index (χ4v) is 2.34. The zero-order valence-corrected chi connectivity index (χ0v) is 11.6. The molecule has 108 valence electrons. The molecule has 0 bridgehead atoms. The van der Waals surface area contributed by atoms with Gasteiger partial charge in [0.05, 0.1) is 26.7 Å². The molecule has 1 N–H and O–H groups in total. The summed E-state index contributed by atoms with van der Waals surface area (Å²) in [7, 11) is 1.38. The minimum Gasteiger partial charge on any atom is -0.469 e. The molecule has 1 aliphatic carbocycles. The van der Waals surface area contributed by atoms with Crippen molar-refractivity contribution in [2.45, 2.75) is 44.3 Å². The van der Waals surface area contributed by atoms with Gasteiger partial charge < -0.3 is 14.8 Å². The lowest BCUT2D eigenvalue weighted by Gasteiger charge is -2.38. The number of carbonyl (C=O) groups is 2. The molecule has 0 radical (unpaired) electrons. The van der Waals surface area contributed by atoms with Gasteiger partial charge in [-0.3, -0.25) is 14.5 Å². The number of ether oxygens (including phenoxy) is 2. The summed E-state index contributed by atoms with van der Waals surface area (Å²) < 4.78 is 10.1. The second-order valence-corrected chi connectivity index (χ2v) is 5.24. The molecule has 0 spiro atoms. The summed E-state index contributed by atoms with van der Waals surface area (Å²) in [6.07, 6.45) is 2.43. The van der Waals surface area contributed by atoms with Crippen molar-refractivity contribution in [3.8, 4) is 0 Å². The molecular formula is C13H22N2O4. The quantitative estimate of drug-likeness (QED) is 0.708. The Labute approximate surface area is 113 Å². The molecule has 0 aromatic rings. The van der Waals surface area contributed by atoms with Crippen LogP contribution in [0.1, 0.15) is 26.2 Å². The number of nitrogens with zero attached hydrogens (tertiary/aromatic N) is 1. The zero-order valence-electron chi connectivity index (χ0n) is 11.6. The first-order valence-corrected chi connectivity index (χ1v) is 6.82. The van der Waals surface area contributed by atoms with Crippen molar-refractivity contribution in [1.29, 1.82) is 0 Å². The number of morpholine rings is 1. The lowest BCUT2D eigenvalue weighted by Crippen LogP contribution is -2.57. The van der Waals surface area contributed by atoms with Crippen molar-refractivity contribution in [3.63, 3.8) is 0 Å². The molecule has 1 saturated heterocycles. The van der Waals surface area contributed by atoms with Gasteiger partial charge in [0.1, 0.15) is 6.04 Å². The third kappa shape index (κ3) is 3.91. The van der Waals surface area contributed by atoms with Crippen LogP contribution in [0.5, 0.6) is 0 Å². The summed E-state index contributed by atoms with van der Waals surface area (Å²) in [5, 5.41) is 3.00. The van der Waals surface area contributed by atoms with Gasteiger partial charge in [0.25, 0.3) is 0 Å². The van der Waals surface area contributed by atoms with Crippen LogP contribution in [0.2, 0.25) is 0 Å². The Balaban J connectivity index is 1.93. The van der Waals surface area contributed by atoms with Crippen molar-refractivity contribution in [3.05, 3.63) is 0 Å². The Morgan fingerprint density at radius 1 is 1.47 bits per heavy atom. The molecule has 2 aliphatic rings. The van der Waals surface area contributed by atoms with Gasteiger partial charge in [0.2, 0.25) is 5.91 Å². The van der Waals surface area contributed by atoms with Crippen molar-refractivity contribution >= 4 is 11.9 Å². The van der Waals surface area contributed by atoms with Gasteiger partial charge in [-0.2, -0.15) is 0 Å². The van der Waals surface area contributed by atoms with Crippen LogP contribution in [-0.2, 0) is 19.1 Å². The fraction of sp³-hybridized carbons (Fsp3) is 0.846. The molecule has 6 heteroatoms. The highest BCUT2D eigenvalue weighted by atomic mass is 16.5.